The molecule has 2 heteroatoms. The molecule has 0 amide bonds. The van der Waals surface area contributed by atoms with Gasteiger partial charge in [-0.3, -0.25) is 0 Å². The molecule has 0 saturated heterocycles. The standard InChI is InChI=1S/C11H24N2/c1-12-9-8-10-4-3-5-11(13-2)7-6-10/h10-13H,3-9H2,1-2H3. The number of rotatable bonds is 4. The largest absolute Gasteiger partial charge is 0.320 e. The first kappa shape index (κ1) is 11.0. The zero-order chi connectivity index (χ0) is 9.52. The Balaban J connectivity index is 2.19. The van der Waals surface area contributed by atoms with E-state index >= 15 is 0 Å². The van der Waals surface area contributed by atoms with Gasteiger partial charge in [-0.25, -0.2) is 0 Å². The lowest BCUT2D eigenvalue weighted by Crippen LogP contribution is -2.24. The highest BCUT2D eigenvalue weighted by molar-refractivity contribution is 4.73. The van der Waals surface area contributed by atoms with Crippen LogP contribution in [-0.4, -0.2) is 26.7 Å². The molecular formula is C11H24N2. The minimum Gasteiger partial charge on any atom is -0.320 e. The monoisotopic (exact) mass is 184 g/mol. The first-order valence-electron chi connectivity index (χ1n) is 5.68. The van der Waals surface area contributed by atoms with Gasteiger partial charge < -0.3 is 10.6 Å². The number of hydrogen-bond acceptors (Lipinski definition) is 2. The Kier molecular flexibility index (Phi) is 5.40. The summed E-state index contributed by atoms with van der Waals surface area (Å²) in [5, 5.41) is 6.65. The van der Waals surface area contributed by atoms with Crippen LogP contribution in [0.5, 0.6) is 0 Å². The summed E-state index contributed by atoms with van der Waals surface area (Å²) in [6, 6.07) is 0.791. The first-order valence-corrected chi connectivity index (χ1v) is 5.68. The Morgan fingerprint density at radius 1 is 1.08 bits per heavy atom. The van der Waals surface area contributed by atoms with E-state index in [1.54, 1.807) is 0 Å². The molecule has 1 saturated carbocycles. The summed E-state index contributed by atoms with van der Waals surface area (Å²) >= 11 is 0. The Hall–Kier alpha value is -0.0800. The van der Waals surface area contributed by atoms with Gasteiger partial charge in [0.1, 0.15) is 0 Å². The topological polar surface area (TPSA) is 24.1 Å². The van der Waals surface area contributed by atoms with Crippen molar-refractivity contribution in [2.75, 3.05) is 20.6 Å². The van der Waals surface area contributed by atoms with Crippen LogP contribution in [-0.2, 0) is 0 Å². The Labute approximate surface area is 82.5 Å². The summed E-state index contributed by atoms with van der Waals surface area (Å²) in [7, 11) is 4.14. The second-order valence-corrected chi connectivity index (χ2v) is 4.25. The number of nitrogens with one attached hydrogen (secondary N) is 2. The Morgan fingerprint density at radius 2 is 1.92 bits per heavy atom. The first-order chi connectivity index (χ1) is 6.36. The van der Waals surface area contributed by atoms with Crippen LogP contribution in [0.25, 0.3) is 0 Å². The normalized spacial score (nSPS) is 30.0. The summed E-state index contributed by atoms with van der Waals surface area (Å²) in [6.07, 6.45) is 8.41. The SMILES string of the molecule is CNCCC1CCCC(NC)CC1. The molecule has 2 nitrogen and oxygen atoms in total. The summed E-state index contributed by atoms with van der Waals surface area (Å²) in [5.74, 6) is 0.978. The second kappa shape index (κ2) is 6.39. The zero-order valence-corrected chi connectivity index (χ0v) is 9.10. The van der Waals surface area contributed by atoms with Gasteiger partial charge in [-0.1, -0.05) is 12.8 Å². The van der Waals surface area contributed by atoms with Gasteiger partial charge in [-0.05, 0) is 52.2 Å². The summed E-state index contributed by atoms with van der Waals surface area (Å²) < 4.78 is 0. The van der Waals surface area contributed by atoms with Gasteiger partial charge in [-0.2, -0.15) is 0 Å². The van der Waals surface area contributed by atoms with E-state index in [0.29, 0.717) is 0 Å². The Morgan fingerprint density at radius 3 is 2.62 bits per heavy atom. The van der Waals surface area contributed by atoms with E-state index in [4.69, 9.17) is 0 Å². The highest BCUT2D eigenvalue weighted by Gasteiger charge is 2.16. The Bertz CT molecular complexity index is 125. The lowest BCUT2D eigenvalue weighted by Gasteiger charge is -2.14. The van der Waals surface area contributed by atoms with Crippen LogP contribution in [0.3, 0.4) is 0 Å². The molecular weight excluding hydrogens is 160 g/mol. The van der Waals surface area contributed by atoms with E-state index < -0.39 is 0 Å². The molecule has 0 heterocycles. The molecule has 0 radical (unpaired) electrons. The van der Waals surface area contributed by atoms with E-state index in [0.717, 1.165) is 12.0 Å². The predicted molar refractivity (Wildman–Crippen MR) is 58.0 cm³/mol. The lowest BCUT2D eigenvalue weighted by atomic mass is 9.96. The molecule has 78 valence electrons. The quantitative estimate of drug-likeness (QED) is 0.651. The van der Waals surface area contributed by atoms with E-state index in [9.17, 15) is 0 Å². The predicted octanol–water partition coefficient (Wildman–Crippen LogP) is 1.76. The molecule has 1 aliphatic rings. The second-order valence-electron chi connectivity index (χ2n) is 4.25. The zero-order valence-electron chi connectivity index (χ0n) is 9.10. The summed E-state index contributed by atoms with van der Waals surface area (Å²) in [4.78, 5) is 0. The average molecular weight is 184 g/mol. The molecule has 13 heavy (non-hydrogen) atoms. The van der Waals surface area contributed by atoms with Crippen molar-refractivity contribution in [2.24, 2.45) is 5.92 Å². The maximum atomic E-state index is 3.40. The minimum absolute atomic E-state index is 0.791. The van der Waals surface area contributed by atoms with Crippen molar-refractivity contribution in [1.82, 2.24) is 10.6 Å². The van der Waals surface area contributed by atoms with Gasteiger partial charge in [-0.15, -0.1) is 0 Å². The molecule has 1 rings (SSSR count). The molecule has 1 fully saturated rings. The van der Waals surface area contributed by atoms with Crippen LogP contribution in [0.15, 0.2) is 0 Å². The van der Waals surface area contributed by atoms with Crippen LogP contribution in [0, 0.1) is 5.92 Å². The van der Waals surface area contributed by atoms with Crippen molar-refractivity contribution < 1.29 is 0 Å². The molecule has 2 unspecified atom stereocenters. The molecule has 1 aliphatic carbocycles. The van der Waals surface area contributed by atoms with Crippen molar-refractivity contribution in [1.29, 1.82) is 0 Å². The molecule has 2 atom stereocenters. The van der Waals surface area contributed by atoms with Gasteiger partial charge in [0.05, 0.1) is 0 Å². The highest BCUT2D eigenvalue weighted by atomic mass is 14.9. The fourth-order valence-corrected chi connectivity index (χ4v) is 2.30. The van der Waals surface area contributed by atoms with Crippen molar-refractivity contribution in [3.05, 3.63) is 0 Å². The molecule has 2 N–H and O–H groups in total. The molecule has 0 aromatic heterocycles. The van der Waals surface area contributed by atoms with E-state index in [-0.39, 0.29) is 0 Å². The van der Waals surface area contributed by atoms with Gasteiger partial charge >= 0.3 is 0 Å². The van der Waals surface area contributed by atoms with E-state index in [2.05, 4.69) is 17.7 Å². The van der Waals surface area contributed by atoms with Gasteiger partial charge in [0, 0.05) is 6.04 Å². The lowest BCUT2D eigenvalue weighted by molar-refractivity contribution is 0.414. The fraction of sp³-hybridized carbons (Fsp3) is 1.00. The van der Waals surface area contributed by atoms with E-state index in [1.807, 2.05) is 7.05 Å². The van der Waals surface area contributed by atoms with E-state index in [1.165, 1.54) is 45.1 Å². The van der Waals surface area contributed by atoms with Crippen LogP contribution in [0.2, 0.25) is 0 Å². The third kappa shape index (κ3) is 4.10. The van der Waals surface area contributed by atoms with Crippen LogP contribution in [0.1, 0.15) is 38.5 Å². The van der Waals surface area contributed by atoms with Crippen molar-refractivity contribution in [3.8, 4) is 0 Å². The van der Waals surface area contributed by atoms with Crippen LogP contribution in [0.4, 0.5) is 0 Å². The number of hydrogen-bond donors (Lipinski definition) is 2. The summed E-state index contributed by atoms with van der Waals surface area (Å²) in [5.41, 5.74) is 0. The maximum absolute atomic E-state index is 3.40. The highest BCUT2D eigenvalue weighted by Crippen LogP contribution is 2.25. The molecule has 0 aromatic carbocycles. The van der Waals surface area contributed by atoms with Crippen LogP contribution >= 0.6 is 0 Å². The smallest absolute Gasteiger partial charge is 0.00641 e. The minimum atomic E-state index is 0.791. The molecule has 0 aliphatic heterocycles. The van der Waals surface area contributed by atoms with Gasteiger partial charge in [0.25, 0.3) is 0 Å². The maximum Gasteiger partial charge on any atom is 0.00641 e. The van der Waals surface area contributed by atoms with Gasteiger partial charge in [0.2, 0.25) is 0 Å². The van der Waals surface area contributed by atoms with Crippen molar-refractivity contribution >= 4 is 0 Å². The average Bonchev–Trinajstić information content (AvgIpc) is 2.39. The van der Waals surface area contributed by atoms with Crippen molar-refractivity contribution in [2.45, 2.75) is 44.6 Å². The van der Waals surface area contributed by atoms with Crippen LogP contribution < -0.4 is 10.6 Å². The third-order valence-corrected chi connectivity index (χ3v) is 3.30. The molecule has 0 spiro atoms. The summed E-state index contributed by atoms with van der Waals surface area (Å²) in [6.45, 7) is 1.19. The third-order valence-electron chi connectivity index (χ3n) is 3.30. The molecule has 0 aromatic rings. The fourth-order valence-electron chi connectivity index (χ4n) is 2.30. The van der Waals surface area contributed by atoms with Crippen molar-refractivity contribution in [3.63, 3.8) is 0 Å². The molecule has 0 bridgehead atoms. The van der Waals surface area contributed by atoms with Gasteiger partial charge in [0.15, 0.2) is 0 Å².